The first-order valence-electron chi connectivity index (χ1n) is 8.08. The highest BCUT2D eigenvalue weighted by molar-refractivity contribution is 4.92. The van der Waals surface area contributed by atoms with Crippen molar-refractivity contribution in [2.75, 3.05) is 7.05 Å². The minimum Gasteiger partial charge on any atom is -0.317 e. The van der Waals surface area contributed by atoms with E-state index in [-0.39, 0.29) is 0 Å². The second-order valence-corrected chi connectivity index (χ2v) is 7.51. The minimum atomic E-state index is 0.488. The molecule has 0 radical (unpaired) electrons. The van der Waals surface area contributed by atoms with Crippen LogP contribution in [0, 0.1) is 23.2 Å². The molecule has 0 aliphatic heterocycles. The maximum Gasteiger partial charge on any atom is 0.00999 e. The van der Waals surface area contributed by atoms with Gasteiger partial charge in [-0.3, -0.25) is 0 Å². The summed E-state index contributed by atoms with van der Waals surface area (Å²) >= 11 is 0. The molecule has 1 nitrogen and oxygen atoms in total. The van der Waals surface area contributed by atoms with Crippen LogP contribution in [0.3, 0.4) is 0 Å². The molecule has 1 fully saturated rings. The van der Waals surface area contributed by atoms with Crippen LogP contribution in [0.5, 0.6) is 0 Å². The summed E-state index contributed by atoms with van der Waals surface area (Å²) in [5.74, 6) is 2.64. The maximum atomic E-state index is 3.60. The third kappa shape index (κ3) is 4.26. The SMILES string of the molecule is CCCC(C)CC(C)(C)C1CCC(C)CC1NC. The molecule has 0 heterocycles. The van der Waals surface area contributed by atoms with E-state index in [0.717, 1.165) is 23.8 Å². The molecular weight excluding hydrogens is 218 g/mol. The van der Waals surface area contributed by atoms with Crippen molar-refractivity contribution in [1.29, 1.82) is 0 Å². The molecule has 1 aliphatic carbocycles. The Hall–Kier alpha value is -0.0400. The lowest BCUT2D eigenvalue weighted by molar-refractivity contribution is 0.0759. The van der Waals surface area contributed by atoms with Gasteiger partial charge in [-0.1, -0.05) is 53.9 Å². The van der Waals surface area contributed by atoms with Crippen LogP contribution < -0.4 is 5.32 Å². The van der Waals surface area contributed by atoms with Crippen molar-refractivity contribution in [3.63, 3.8) is 0 Å². The van der Waals surface area contributed by atoms with Gasteiger partial charge in [-0.2, -0.15) is 0 Å². The van der Waals surface area contributed by atoms with Crippen LogP contribution in [0.15, 0.2) is 0 Å². The summed E-state index contributed by atoms with van der Waals surface area (Å²) in [5.41, 5.74) is 0.488. The highest BCUT2D eigenvalue weighted by Gasteiger charge is 2.38. The molecule has 1 rings (SSSR count). The van der Waals surface area contributed by atoms with Gasteiger partial charge in [-0.25, -0.2) is 0 Å². The first-order chi connectivity index (χ1) is 8.40. The first-order valence-corrected chi connectivity index (χ1v) is 8.08. The van der Waals surface area contributed by atoms with Gasteiger partial charge in [-0.15, -0.1) is 0 Å². The molecule has 108 valence electrons. The van der Waals surface area contributed by atoms with Crippen molar-refractivity contribution in [2.24, 2.45) is 23.2 Å². The number of nitrogens with one attached hydrogen (secondary N) is 1. The fourth-order valence-electron chi connectivity index (χ4n) is 4.28. The smallest absolute Gasteiger partial charge is 0.00999 e. The molecule has 0 spiro atoms. The summed E-state index contributed by atoms with van der Waals surface area (Å²) < 4.78 is 0. The Balaban J connectivity index is 2.64. The van der Waals surface area contributed by atoms with E-state index >= 15 is 0 Å². The molecule has 4 atom stereocenters. The van der Waals surface area contributed by atoms with Crippen LogP contribution in [0.25, 0.3) is 0 Å². The van der Waals surface area contributed by atoms with Gasteiger partial charge in [0.25, 0.3) is 0 Å². The molecule has 0 bridgehead atoms. The lowest BCUT2D eigenvalue weighted by atomic mass is 9.63. The summed E-state index contributed by atoms with van der Waals surface area (Å²) in [6.45, 7) is 12.2. The fraction of sp³-hybridized carbons (Fsp3) is 1.00. The summed E-state index contributed by atoms with van der Waals surface area (Å²) in [7, 11) is 2.15. The van der Waals surface area contributed by atoms with Crippen LogP contribution in [-0.4, -0.2) is 13.1 Å². The van der Waals surface area contributed by atoms with Crippen LogP contribution >= 0.6 is 0 Å². The number of rotatable bonds is 6. The maximum absolute atomic E-state index is 3.60. The summed E-state index contributed by atoms with van der Waals surface area (Å²) in [6.07, 6.45) is 8.31. The molecule has 1 saturated carbocycles. The Labute approximate surface area is 115 Å². The summed E-state index contributed by atoms with van der Waals surface area (Å²) in [6, 6.07) is 0.734. The molecule has 18 heavy (non-hydrogen) atoms. The average molecular weight is 253 g/mol. The zero-order chi connectivity index (χ0) is 13.8. The molecule has 1 heteroatoms. The summed E-state index contributed by atoms with van der Waals surface area (Å²) in [5, 5.41) is 3.60. The highest BCUT2D eigenvalue weighted by atomic mass is 14.9. The zero-order valence-electron chi connectivity index (χ0n) is 13.6. The third-order valence-electron chi connectivity index (χ3n) is 5.14. The lowest BCUT2D eigenvalue weighted by Gasteiger charge is -2.45. The quantitative estimate of drug-likeness (QED) is 0.712. The van der Waals surface area contributed by atoms with E-state index in [4.69, 9.17) is 0 Å². The molecule has 1 N–H and O–H groups in total. The number of hydrogen-bond donors (Lipinski definition) is 1. The van der Waals surface area contributed by atoms with Crippen LogP contribution in [0.1, 0.15) is 73.1 Å². The van der Waals surface area contributed by atoms with Gasteiger partial charge in [-0.05, 0) is 49.5 Å². The average Bonchev–Trinajstić information content (AvgIpc) is 2.27. The van der Waals surface area contributed by atoms with E-state index in [1.807, 2.05) is 0 Å². The Bertz CT molecular complexity index is 234. The lowest BCUT2D eigenvalue weighted by Crippen LogP contribution is -2.45. The van der Waals surface area contributed by atoms with Gasteiger partial charge in [0.2, 0.25) is 0 Å². The van der Waals surface area contributed by atoms with Crippen molar-refractivity contribution >= 4 is 0 Å². The van der Waals surface area contributed by atoms with Crippen molar-refractivity contribution in [3.05, 3.63) is 0 Å². The molecule has 0 aromatic heterocycles. The van der Waals surface area contributed by atoms with Gasteiger partial charge in [0.15, 0.2) is 0 Å². The normalized spacial score (nSPS) is 31.3. The fourth-order valence-corrected chi connectivity index (χ4v) is 4.28. The van der Waals surface area contributed by atoms with Crippen LogP contribution in [-0.2, 0) is 0 Å². The minimum absolute atomic E-state index is 0.488. The zero-order valence-corrected chi connectivity index (χ0v) is 13.6. The molecular formula is C17H35N. The van der Waals surface area contributed by atoms with E-state index in [0.29, 0.717) is 5.41 Å². The van der Waals surface area contributed by atoms with Crippen molar-refractivity contribution in [3.8, 4) is 0 Å². The van der Waals surface area contributed by atoms with E-state index in [2.05, 4.69) is 47.0 Å². The van der Waals surface area contributed by atoms with E-state index in [9.17, 15) is 0 Å². The van der Waals surface area contributed by atoms with Crippen LogP contribution in [0.4, 0.5) is 0 Å². The Morgan fingerprint density at radius 2 is 1.94 bits per heavy atom. The predicted octanol–water partition coefficient (Wildman–Crippen LogP) is 4.86. The highest BCUT2D eigenvalue weighted by Crippen LogP contribution is 2.44. The predicted molar refractivity (Wildman–Crippen MR) is 81.8 cm³/mol. The molecule has 1 aliphatic rings. The summed E-state index contributed by atoms with van der Waals surface area (Å²) in [4.78, 5) is 0. The van der Waals surface area contributed by atoms with Crippen molar-refractivity contribution < 1.29 is 0 Å². The van der Waals surface area contributed by atoms with E-state index in [1.54, 1.807) is 0 Å². The molecule has 0 aromatic rings. The van der Waals surface area contributed by atoms with Crippen molar-refractivity contribution in [1.82, 2.24) is 5.32 Å². The molecule has 0 saturated heterocycles. The monoisotopic (exact) mass is 253 g/mol. The Morgan fingerprint density at radius 3 is 2.50 bits per heavy atom. The Kier molecular flexibility index (Phi) is 6.17. The molecule has 4 unspecified atom stereocenters. The van der Waals surface area contributed by atoms with E-state index in [1.165, 1.54) is 38.5 Å². The third-order valence-corrected chi connectivity index (χ3v) is 5.14. The van der Waals surface area contributed by atoms with Gasteiger partial charge in [0, 0.05) is 6.04 Å². The second kappa shape index (κ2) is 6.93. The second-order valence-electron chi connectivity index (χ2n) is 7.51. The number of hydrogen-bond acceptors (Lipinski definition) is 1. The van der Waals surface area contributed by atoms with Crippen LogP contribution in [0.2, 0.25) is 0 Å². The first kappa shape index (κ1) is 16.0. The van der Waals surface area contributed by atoms with Crippen molar-refractivity contribution in [2.45, 2.75) is 79.2 Å². The van der Waals surface area contributed by atoms with Gasteiger partial charge >= 0.3 is 0 Å². The standard InChI is InChI=1S/C17H35N/c1-7-8-14(3)12-17(4,5)15-10-9-13(2)11-16(15)18-6/h13-16,18H,7-12H2,1-6H3. The van der Waals surface area contributed by atoms with Gasteiger partial charge < -0.3 is 5.32 Å². The largest absolute Gasteiger partial charge is 0.317 e. The molecule has 0 aromatic carbocycles. The van der Waals surface area contributed by atoms with E-state index < -0.39 is 0 Å². The Morgan fingerprint density at radius 1 is 1.28 bits per heavy atom. The van der Waals surface area contributed by atoms with Gasteiger partial charge in [0.05, 0.1) is 0 Å². The molecule has 0 amide bonds. The topological polar surface area (TPSA) is 12.0 Å². The van der Waals surface area contributed by atoms with Gasteiger partial charge in [0.1, 0.15) is 0 Å².